The van der Waals surface area contributed by atoms with E-state index in [0.717, 1.165) is 21.5 Å². The quantitative estimate of drug-likeness (QED) is 0.899. The van der Waals surface area contributed by atoms with E-state index in [4.69, 9.17) is 0 Å². The summed E-state index contributed by atoms with van der Waals surface area (Å²) in [6, 6.07) is 8.10. The van der Waals surface area contributed by atoms with E-state index in [1.54, 1.807) is 18.2 Å². The molecule has 0 bridgehead atoms. The van der Waals surface area contributed by atoms with Gasteiger partial charge in [0.05, 0.1) is 6.54 Å². The number of hydrogen-bond acceptors (Lipinski definition) is 2. The van der Waals surface area contributed by atoms with Crippen molar-refractivity contribution in [3.63, 3.8) is 0 Å². The van der Waals surface area contributed by atoms with Crippen molar-refractivity contribution in [2.45, 2.75) is 12.8 Å². The lowest BCUT2D eigenvalue weighted by Gasteiger charge is -2.21. The van der Waals surface area contributed by atoms with Crippen LogP contribution in [0.5, 0.6) is 0 Å². The molecule has 1 aliphatic heterocycles. The fourth-order valence-electron chi connectivity index (χ4n) is 2.37. The topological polar surface area (TPSA) is 40.5 Å². The number of amides is 1. The molecule has 0 aromatic heterocycles. The largest absolute Gasteiger partial charge is 0.369 e. The summed E-state index contributed by atoms with van der Waals surface area (Å²) in [7, 11) is 0. The fourth-order valence-corrected chi connectivity index (χ4v) is 2.75. The maximum absolute atomic E-state index is 13.7. The molecule has 6 heteroatoms. The van der Waals surface area contributed by atoms with Gasteiger partial charge in [-0.25, -0.2) is 8.78 Å². The SMILES string of the molecule is O=C1c2ccc(Br)cc2C(O)N1Cc1ccc(F)cc1F. The number of halogens is 3. The van der Waals surface area contributed by atoms with Crippen LogP contribution >= 0.6 is 15.9 Å². The Morgan fingerprint density at radius 1 is 1.19 bits per heavy atom. The Bertz CT molecular complexity index is 736. The summed E-state index contributed by atoms with van der Waals surface area (Å²) in [5.41, 5.74) is 1.00. The van der Waals surface area contributed by atoms with Gasteiger partial charge < -0.3 is 10.0 Å². The zero-order valence-electron chi connectivity index (χ0n) is 10.7. The maximum Gasteiger partial charge on any atom is 0.256 e. The Kier molecular flexibility index (Phi) is 3.51. The van der Waals surface area contributed by atoms with E-state index in [1.165, 1.54) is 6.07 Å². The first-order chi connectivity index (χ1) is 9.97. The number of aliphatic hydroxyl groups excluding tert-OH is 1. The highest BCUT2D eigenvalue weighted by atomic mass is 79.9. The van der Waals surface area contributed by atoms with Crippen LogP contribution in [0.25, 0.3) is 0 Å². The molecule has 1 amide bonds. The minimum Gasteiger partial charge on any atom is -0.369 e. The second kappa shape index (κ2) is 5.20. The molecule has 0 radical (unpaired) electrons. The molecule has 0 fully saturated rings. The van der Waals surface area contributed by atoms with Crippen molar-refractivity contribution in [3.05, 3.63) is 69.2 Å². The second-order valence-corrected chi connectivity index (χ2v) is 5.69. The molecule has 0 aliphatic carbocycles. The summed E-state index contributed by atoms with van der Waals surface area (Å²) in [5.74, 6) is -1.81. The molecule has 3 nitrogen and oxygen atoms in total. The Labute approximate surface area is 127 Å². The van der Waals surface area contributed by atoms with Crippen molar-refractivity contribution >= 4 is 21.8 Å². The number of hydrogen-bond donors (Lipinski definition) is 1. The van der Waals surface area contributed by atoms with E-state index >= 15 is 0 Å². The van der Waals surface area contributed by atoms with Crippen molar-refractivity contribution < 1.29 is 18.7 Å². The lowest BCUT2D eigenvalue weighted by molar-refractivity contribution is 0.0133. The van der Waals surface area contributed by atoms with Crippen molar-refractivity contribution in [2.75, 3.05) is 0 Å². The number of rotatable bonds is 2. The number of carbonyl (C=O) groups excluding carboxylic acids is 1. The van der Waals surface area contributed by atoms with Crippen LogP contribution in [0.15, 0.2) is 40.9 Å². The second-order valence-electron chi connectivity index (χ2n) is 4.77. The molecule has 0 saturated carbocycles. The highest BCUT2D eigenvalue weighted by Crippen LogP contribution is 2.34. The van der Waals surface area contributed by atoms with Gasteiger partial charge in [-0.1, -0.05) is 22.0 Å². The van der Waals surface area contributed by atoms with Crippen LogP contribution in [-0.2, 0) is 6.54 Å². The van der Waals surface area contributed by atoms with Gasteiger partial charge in [-0.2, -0.15) is 0 Å². The van der Waals surface area contributed by atoms with Gasteiger partial charge in [-0.15, -0.1) is 0 Å². The molecule has 0 saturated heterocycles. The number of aliphatic hydroxyl groups is 1. The predicted octanol–water partition coefficient (Wildman–Crippen LogP) is 3.37. The standard InChI is InChI=1S/C15H10BrF2NO2/c16-9-2-4-11-12(5-9)15(21)19(14(11)20)7-8-1-3-10(17)6-13(8)18/h1-6,15,21H,7H2. The number of carbonyl (C=O) groups is 1. The van der Waals surface area contributed by atoms with Crippen LogP contribution in [0, 0.1) is 11.6 Å². The number of nitrogens with zero attached hydrogens (tertiary/aromatic N) is 1. The summed E-state index contributed by atoms with van der Waals surface area (Å²) >= 11 is 3.28. The van der Waals surface area contributed by atoms with E-state index < -0.39 is 17.9 Å². The zero-order chi connectivity index (χ0) is 15.1. The third kappa shape index (κ3) is 2.45. The molecule has 0 spiro atoms. The Hall–Kier alpha value is -1.79. The molecular formula is C15H10BrF2NO2. The Balaban J connectivity index is 1.93. The van der Waals surface area contributed by atoms with Crippen LogP contribution in [0.2, 0.25) is 0 Å². The first-order valence-electron chi connectivity index (χ1n) is 6.20. The van der Waals surface area contributed by atoms with Crippen molar-refractivity contribution in [1.82, 2.24) is 4.90 Å². The molecule has 108 valence electrons. The van der Waals surface area contributed by atoms with Crippen LogP contribution in [0.4, 0.5) is 8.78 Å². The summed E-state index contributed by atoms with van der Waals surface area (Å²) in [4.78, 5) is 13.4. The lowest BCUT2D eigenvalue weighted by atomic mass is 10.1. The predicted molar refractivity (Wildman–Crippen MR) is 75.3 cm³/mol. The van der Waals surface area contributed by atoms with Gasteiger partial charge in [0, 0.05) is 27.2 Å². The fraction of sp³-hybridized carbons (Fsp3) is 0.133. The summed E-state index contributed by atoms with van der Waals surface area (Å²) in [6.07, 6.45) is -1.14. The van der Waals surface area contributed by atoms with Crippen molar-refractivity contribution in [2.24, 2.45) is 0 Å². The van der Waals surface area contributed by atoms with E-state index in [2.05, 4.69) is 15.9 Å². The van der Waals surface area contributed by atoms with Gasteiger partial charge >= 0.3 is 0 Å². The Morgan fingerprint density at radius 3 is 2.67 bits per heavy atom. The van der Waals surface area contributed by atoms with Crippen LogP contribution in [0.1, 0.15) is 27.7 Å². The van der Waals surface area contributed by atoms with Gasteiger partial charge in [0.15, 0.2) is 6.23 Å². The average Bonchev–Trinajstić information content (AvgIpc) is 2.66. The Morgan fingerprint density at radius 2 is 1.95 bits per heavy atom. The third-order valence-corrected chi connectivity index (χ3v) is 3.93. The van der Waals surface area contributed by atoms with Gasteiger partial charge in [-0.3, -0.25) is 4.79 Å². The van der Waals surface area contributed by atoms with Crippen LogP contribution in [0.3, 0.4) is 0 Å². The maximum atomic E-state index is 13.7. The highest BCUT2D eigenvalue weighted by molar-refractivity contribution is 9.10. The van der Waals surface area contributed by atoms with Gasteiger partial charge in [0.1, 0.15) is 11.6 Å². The average molecular weight is 354 g/mol. The lowest BCUT2D eigenvalue weighted by Crippen LogP contribution is -2.27. The number of benzene rings is 2. The summed E-state index contributed by atoms with van der Waals surface area (Å²) < 4.78 is 27.3. The smallest absolute Gasteiger partial charge is 0.256 e. The monoisotopic (exact) mass is 353 g/mol. The molecule has 3 rings (SSSR count). The number of fused-ring (bicyclic) bond motifs is 1. The first kappa shape index (κ1) is 14.2. The molecule has 21 heavy (non-hydrogen) atoms. The molecule has 2 aromatic rings. The third-order valence-electron chi connectivity index (χ3n) is 3.43. The molecular weight excluding hydrogens is 344 g/mol. The van der Waals surface area contributed by atoms with Gasteiger partial charge in [0.25, 0.3) is 5.91 Å². The van der Waals surface area contributed by atoms with Gasteiger partial charge in [0.2, 0.25) is 0 Å². The molecule has 1 unspecified atom stereocenters. The molecule has 1 heterocycles. The molecule has 1 aliphatic rings. The van der Waals surface area contributed by atoms with E-state index in [1.807, 2.05) is 0 Å². The van der Waals surface area contributed by atoms with Gasteiger partial charge in [-0.05, 0) is 24.3 Å². The minimum atomic E-state index is -1.14. The van der Waals surface area contributed by atoms with Crippen LogP contribution in [-0.4, -0.2) is 15.9 Å². The first-order valence-corrected chi connectivity index (χ1v) is 6.99. The summed E-state index contributed by atoms with van der Waals surface area (Å²) in [6.45, 7) is -0.127. The highest BCUT2D eigenvalue weighted by Gasteiger charge is 2.35. The summed E-state index contributed by atoms with van der Waals surface area (Å²) in [5, 5.41) is 10.2. The molecule has 2 aromatic carbocycles. The minimum absolute atomic E-state index is 0.127. The van der Waals surface area contributed by atoms with E-state index in [9.17, 15) is 18.7 Å². The molecule has 1 atom stereocenters. The van der Waals surface area contributed by atoms with Crippen LogP contribution < -0.4 is 0 Å². The van der Waals surface area contributed by atoms with Crippen molar-refractivity contribution in [1.29, 1.82) is 0 Å². The van der Waals surface area contributed by atoms with E-state index in [-0.39, 0.29) is 18.0 Å². The van der Waals surface area contributed by atoms with Crippen molar-refractivity contribution in [3.8, 4) is 0 Å². The molecule has 1 N–H and O–H groups in total. The normalized spacial score (nSPS) is 17.2. The zero-order valence-corrected chi connectivity index (χ0v) is 12.3. The van der Waals surface area contributed by atoms with E-state index in [0.29, 0.717) is 11.1 Å².